The van der Waals surface area contributed by atoms with Crippen LogP contribution in [0.3, 0.4) is 0 Å². The molecule has 0 saturated carbocycles. The molecule has 1 fully saturated rings. The maximum Gasteiger partial charge on any atom is 0.237 e. The Labute approximate surface area is 158 Å². The van der Waals surface area contributed by atoms with Crippen LogP contribution in [0.15, 0.2) is 24.3 Å². The van der Waals surface area contributed by atoms with Gasteiger partial charge in [0.2, 0.25) is 5.91 Å². The number of nitrogens with two attached hydrogens (primary N) is 1. The van der Waals surface area contributed by atoms with Crippen LogP contribution >= 0.6 is 12.4 Å². The van der Waals surface area contributed by atoms with E-state index in [1.54, 1.807) is 0 Å². The van der Waals surface area contributed by atoms with Crippen molar-refractivity contribution >= 4 is 18.3 Å². The predicted molar refractivity (Wildman–Crippen MR) is 107 cm³/mol. The van der Waals surface area contributed by atoms with E-state index in [2.05, 4.69) is 48.3 Å². The fourth-order valence-electron chi connectivity index (χ4n) is 3.27. The monoisotopic (exact) mass is 367 g/mol. The average molecular weight is 368 g/mol. The zero-order valence-electron chi connectivity index (χ0n) is 15.8. The molecule has 1 aromatic rings. The molecule has 4 nitrogen and oxygen atoms in total. The highest BCUT2D eigenvalue weighted by atomic mass is 35.5. The summed E-state index contributed by atoms with van der Waals surface area (Å²) in [5, 5.41) is 2.95. The Morgan fingerprint density at radius 1 is 1.32 bits per heavy atom. The number of piperidine rings is 1. The highest BCUT2D eigenvalue weighted by Gasteiger charge is 2.19. The number of nitrogens with zero attached hydrogens (tertiary/aromatic N) is 1. The summed E-state index contributed by atoms with van der Waals surface area (Å²) in [5.41, 5.74) is 8.42. The second kappa shape index (κ2) is 10.8. The molecule has 3 N–H and O–H groups in total. The molecule has 1 saturated heterocycles. The number of hydrogen-bond acceptors (Lipinski definition) is 3. The van der Waals surface area contributed by atoms with Crippen LogP contribution < -0.4 is 11.1 Å². The van der Waals surface area contributed by atoms with Crippen LogP contribution in [0.2, 0.25) is 0 Å². The number of benzene rings is 1. The molecule has 1 aromatic carbocycles. The maximum absolute atomic E-state index is 12.0. The number of halogens is 1. The highest BCUT2D eigenvalue weighted by molar-refractivity contribution is 5.85. The van der Waals surface area contributed by atoms with Gasteiger partial charge in [-0.2, -0.15) is 0 Å². The zero-order chi connectivity index (χ0) is 17.5. The first-order chi connectivity index (χ1) is 11.5. The van der Waals surface area contributed by atoms with Crippen molar-refractivity contribution in [2.75, 3.05) is 13.1 Å². The zero-order valence-corrected chi connectivity index (χ0v) is 16.6. The Morgan fingerprint density at radius 2 is 1.96 bits per heavy atom. The number of carbonyl (C=O) groups excluding carboxylic acids is 1. The molecule has 1 aliphatic heterocycles. The van der Waals surface area contributed by atoms with Crippen LogP contribution in [-0.4, -0.2) is 29.9 Å². The van der Waals surface area contributed by atoms with Gasteiger partial charge >= 0.3 is 0 Å². The third kappa shape index (κ3) is 6.96. The maximum atomic E-state index is 12.0. The Kier molecular flexibility index (Phi) is 9.47. The van der Waals surface area contributed by atoms with Crippen LogP contribution in [0, 0.1) is 11.8 Å². The summed E-state index contributed by atoms with van der Waals surface area (Å²) in [7, 11) is 0. The van der Waals surface area contributed by atoms with Crippen molar-refractivity contribution in [3.05, 3.63) is 35.4 Å². The van der Waals surface area contributed by atoms with Gasteiger partial charge in [-0.3, -0.25) is 9.69 Å². The van der Waals surface area contributed by atoms with Crippen molar-refractivity contribution < 1.29 is 4.79 Å². The van der Waals surface area contributed by atoms with Crippen LogP contribution in [0.5, 0.6) is 0 Å². The molecule has 3 unspecified atom stereocenters. The van der Waals surface area contributed by atoms with Crippen molar-refractivity contribution in [3.8, 4) is 0 Å². The Balaban J connectivity index is 0.00000312. The lowest BCUT2D eigenvalue weighted by atomic mass is 9.99. The minimum absolute atomic E-state index is 0. The molecule has 5 heteroatoms. The number of hydrogen-bond donors (Lipinski definition) is 2. The topological polar surface area (TPSA) is 58.4 Å². The molecule has 3 atom stereocenters. The quantitative estimate of drug-likeness (QED) is 0.777. The van der Waals surface area contributed by atoms with Crippen LogP contribution in [0.4, 0.5) is 0 Å². The number of likely N-dealkylation sites (tertiary alicyclic amines) is 1. The summed E-state index contributed by atoms with van der Waals surface area (Å²) in [6, 6.07) is 8.15. The van der Waals surface area contributed by atoms with Crippen LogP contribution in [-0.2, 0) is 17.9 Å². The second-order valence-electron chi connectivity index (χ2n) is 7.43. The van der Waals surface area contributed by atoms with Gasteiger partial charge in [0, 0.05) is 19.6 Å². The molecule has 0 bridgehead atoms. The first-order valence-corrected chi connectivity index (χ1v) is 9.33. The number of carbonyl (C=O) groups is 1. The molecule has 1 aliphatic rings. The first kappa shape index (κ1) is 21.9. The summed E-state index contributed by atoms with van der Waals surface area (Å²) < 4.78 is 0. The molecular formula is C20H34ClN3O. The lowest BCUT2D eigenvalue weighted by molar-refractivity contribution is -0.123. The van der Waals surface area contributed by atoms with Gasteiger partial charge in [0.15, 0.2) is 0 Å². The predicted octanol–water partition coefficient (Wildman–Crippen LogP) is 3.33. The molecule has 0 radical (unpaired) electrons. The van der Waals surface area contributed by atoms with Gasteiger partial charge in [0.1, 0.15) is 0 Å². The van der Waals surface area contributed by atoms with Crippen molar-refractivity contribution in [1.29, 1.82) is 0 Å². The van der Waals surface area contributed by atoms with Crippen molar-refractivity contribution in [3.63, 3.8) is 0 Å². The van der Waals surface area contributed by atoms with E-state index in [1.807, 2.05) is 6.92 Å². The van der Waals surface area contributed by atoms with E-state index < -0.39 is 6.04 Å². The van der Waals surface area contributed by atoms with E-state index in [0.717, 1.165) is 24.4 Å². The van der Waals surface area contributed by atoms with Gasteiger partial charge in [-0.25, -0.2) is 0 Å². The molecule has 142 valence electrons. The molecule has 0 spiro atoms. The van der Waals surface area contributed by atoms with Crippen molar-refractivity contribution in [1.82, 2.24) is 10.2 Å². The summed E-state index contributed by atoms with van der Waals surface area (Å²) >= 11 is 0. The number of nitrogens with one attached hydrogen (secondary N) is 1. The highest BCUT2D eigenvalue weighted by Crippen LogP contribution is 2.18. The van der Waals surface area contributed by atoms with Gasteiger partial charge in [0.05, 0.1) is 6.04 Å². The molecular weight excluding hydrogens is 334 g/mol. The molecule has 1 amide bonds. The molecule has 25 heavy (non-hydrogen) atoms. The van der Waals surface area contributed by atoms with E-state index in [-0.39, 0.29) is 24.2 Å². The molecule has 0 aromatic heterocycles. The SMILES string of the molecule is CCC(C)C(N)C(=O)NCc1ccc(CN2CCCC(C)C2)cc1.Cl. The Hall–Kier alpha value is -1.10. The van der Waals surface area contributed by atoms with Gasteiger partial charge in [-0.15, -0.1) is 12.4 Å². The van der Waals surface area contributed by atoms with Crippen LogP contribution in [0.1, 0.15) is 51.2 Å². The number of rotatable bonds is 7. The minimum Gasteiger partial charge on any atom is -0.351 e. The summed E-state index contributed by atoms with van der Waals surface area (Å²) in [5.74, 6) is 0.956. The summed E-state index contributed by atoms with van der Waals surface area (Å²) in [4.78, 5) is 14.6. The van der Waals surface area contributed by atoms with Gasteiger partial charge in [0.25, 0.3) is 0 Å². The van der Waals surface area contributed by atoms with Gasteiger partial charge in [-0.05, 0) is 42.3 Å². The van der Waals surface area contributed by atoms with E-state index in [9.17, 15) is 4.79 Å². The minimum atomic E-state index is -0.421. The Morgan fingerprint density at radius 3 is 2.56 bits per heavy atom. The second-order valence-corrected chi connectivity index (χ2v) is 7.43. The summed E-state index contributed by atoms with van der Waals surface area (Å²) in [6.07, 6.45) is 3.58. The molecule has 2 rings (SSSR count). The lowest BCUT2D eigenvalue weighted by Gasteiger charge is -2.30. The first-order valence-electron chi connectivity index (χ1n) is 9.33. The van der Waals surface area contributed by atoms with E-state index >= 15 is 0 Å². The molecule has 0 aliphatic carbocycles. The lowest BCUT2D eigenvalue weighted by Crippen LogP contribution is -2.44. The van der Waals surface area contributed by atoms with Crippen molar-refractivity contribution in [2.45, 2.75) is 59.2 Å². The number of amides is 1. The normalized spacial score (nSPS) is 20.4. The molecule has 1 heterocycles. The Bertz CT molecular complexity index is 520. The van der Waals surface area contributed by atoms with E-state index in [1.165, 1.54) is 31.5 Å². The van der Waals surface area contributed by atoms with Gasteiger partial charge in [-0.1, -0.05) is 51.5 Å². The van der Waals surface area contributed by atoms with Crippen molar-refractivity contribution in [2.24, 2.45) is 17.6 Å². The third-order valence-corrected chi connectivity index (χ3v) is 5.20. The standard InChI is InChI=1S/C20H33N3O.ClH/c1-4-16(3)19(21)20(24)22-12-17-7-9-18(10-8-17)14-23-11-5-6-15(2)13-23;/h7-10,15-16,19H,4-6,11-14,21H2,1-3H3,(H,22,24);1H. The average Bonchev–Trinajstić information content (AvgIpc) is 2.59. The fraction of sp³-hybridized carbons (Fsp3) is 0.650. The van der Waals surface area contributed by atoms with E-state index in [0.29, 0.717) is 6.54 Å². The third-order valence-electron chi connectivity index (χ3n) is 5.20. The van der Waals surface area contributed by atoms with E-state index in [4.69, 9.17) is 5.73 Å². The smallest absolute Gasteiger partial charge is 0.237 e. The fourth-order valence-corrected chi connectivity index (χ4v) is 3.27. The van der Waals surface area contributed by atoms with Gasteiger partial charge < -0.3 is 11.1 Å². The van der Waals surface area contributed by atoms with Crippen LogP contribution in [0.25, 0.3) is 0 Å². The largest absolute Gasteiger partial charge is 0.351 e. The summed E-state index contributed by atoms with van der Waals surface area (Å²) in [6.45, 7) is 10.4.